The molecule has 1 unspecified atom stereocenters. The van der Waals surface area contributed by atoms with Gasteiger partial charge in [-0.15, -0.1) is 0 Å². The van der Waals surface area contributed by atoms with Crippen LogP contribution < -0.4 is 10.6 Å². The molecule has 78 valence electrons. The quantitative estimate of drug-likeness (QED) is 0.654. The standard InChI is InChI=1S/C10H18N4/c1-2-9(6-11-3-1)7-12-8-10-13-4-5-14-10/h4-5,9,11-12H,1-3,6-8H2,(H,13,14). The second-order valence-corrected chi connectivity index (χ2v) is 3.88. The van der Waals surface area contributed by atoms with Crippen LogP contribution >= 0.6 is 0 Å². The number of hydrogen-bond acceptors (Lipinski definition) is 3. The summed E-state index contributed by atoms with van der Waals surface area (Å²) < 4.78 is 0. The minimum atomic E-state index is 0.790. The Labute approximate surface area is 84.5 Å². The van der Waals surface area contributed by atoms with Crippen LogP contribution in [0.5, 0.6) is 0 Å². The lowest BCUT2D eigenvalue weighted by Gasteiger charge is -2.22. The number of nitrogens with zero attached hydrogens (tertiary/aromatic N) is 1. The molecule has 0 bridgehead atoms. The molecule has 1 aliphatic heterocycles. The van der Waals surface area contributed by atoms with Crippen molar-refractivity contribution in [1.29, 1.82) is 0 Å². The van der Waals surface area contributed by atoms with Gasteiger partial charge in [-0.05, 0) is 38.4 Å². The van der Waals surface area contributed by atoms with Crippen LogP contribution in [0.4, 0.5) is 0 Å². The number of nitrogens with one attached hydrogen (secondary N) is 3. The van der Waals surface area contributed by atoms with E-state index in [-0.39, 0.29) is 0 Å². The number of hydrogen-bond donors (Lipinski definition) is 3. The molecule has 1 aromatic rings. The van der Waals surface area contributed by atoms with Gasteiger partial charge in [0.2, 0.25) is 0 Å². The van der Waals surface area contributed by atoms with Crippen LogP contribution in [0, 0.1) is 5.92 Å². The fraction of sp³-hybridized carbons (Fsp3) is 0.700. The summed E-state index contributed by atoms with van der Waals surface area (Å²) in [6.07, 6.45) is 6.31. The Morgan fingerprint density at radius 2 is 2.57 bits per heavy atom. The van der Waals surface area contributed by atoms with Gasteiger partial charge < -0.3 is 15.6 Å². The average molecular weight is 194 g/mol. The van der Waals surface area contributed by atoms with Gasteiger partial charge in [0.1, 0.15) is 5.82 Å². The normalized spacial score (nSPS) is 22.4. The van der Waals surface area contributed by atoms with E-state index in [0.29, 0.717) is 0 Å². The summed E-state index contributed by atoms with van der Waals surface area (Å²) in [5.74, 6) is 1.81. The highest BCUT2D eigenvalue weighted by Gasteiger charge is 2.11. The molecule has 4 nitrogen and oxygen atoms in total. The Morgan fingerprint density at radius 3 is 3.29 bits per heavy atom. The predicted octanol–water partition coefficient (Wildman–Crippen LogP) is 0.499. The lowest BCUT2D eigenvalue weighted by atomic mass is 10.00. The van der Waals surface area contributed by atoms with Gasteiger partial charge in [0, 0.05) is 12.4 Å². The van der Waals surface area contributed by atoms with Gasteiger partial charge in [-0.25, -0.2) is 4.98 Å². The predicted molar refractivity (Wildman–Crippen MR) is 55.9 cm³/mol. The minimum Gasteiger partial charge on any atom is -0.348 e. The third-order valence-corrected chi connectivity index (χ3v) is 2.68. The van der Waals surface area contributed by atoms with E-state index in [1.807, 2.05) is 6.20 Å². The van der Waals surface area contributed by atoms with Gasteiger partial charge in [-0.2, -0.15) is 0 Å². The molecule has 1 saturated heterocycles. The Bertz CT molecular complexity index is 239. The number of piperidine rings is 1. The van der Waals surface area contributed by atoms with Gasteiger partial charge >= 0.3 is 0 Å². The van der Waals surface area contributed by atoms with Crippen LogP contribution in [0.2, 0.25) is 0 Å². The second kappa shape index (κ2) is 5.12. The Kier molecular flexibility index (Phi) is 3.54. The van der Waals surface area contributed by atoms with E-state index in [9.17, 15) is 0 Å². The van der Waals surface area contributed by atoms with Crippen LogP contribution in [0.1, 0.15) is 18.7 Å². The molecule has 0 aliphatic carbocycles. The maximum atomic E-state index is 4.17. The number of rotatable bonds is 4. The van der Waals surface area contributed by atoms with E-state index in [1.54, 1.807) is 6.20 Å². The first kappa shape index (κ1) is 9.68. The monoisotopic (exact) mass is 194 g/mol. The van der Waals surface area contributed by atoms with Crippen molar-refractivity contribution in [3.63, 3.8) is 0 Å². The first-order chi connectivity index (χ1) is 6.95. The molecule has 14 heavy (non-hydrogen) atoms. The van der Waals surface area contributed by atoms with Gasteiger partial charge in [-0.3, -0.25) is 0 Å². The van der Waals surface area contributed by atoms with Crippen LogP contribution in [0.15, 0.2) is 12.4 Å². The second-order valence-electron chi connectivity index (χ2n) is 3.88. The smallest absolute Gasteiger partial charge is 0.120 e. The lowest BCUT2D eigenvalue weighted by molar-refractivity contribution is 0.359. The van der Waals surface area contributed by atoms with Crippen molar-refractivity contribution >= 4 is 0 Å². The van der Waals surface area contributed by atoms with Crippen molar-refractivity contribution in [1.82, 2.24) is 20.6 Å². The number of imidazole rings is 1. The fourth-order valence-corrected chi connectivity index (χ4v) is 1.89. The van der Waals surface area contributed by atoms with E-state index in [4.69, 9.17) is 0 Å². The molecule has 2 rings (SSSR count). The average Bonchev–Trinajstić information content (AvgIpc) is 2.72. The number of H-pyrrole nitrogens is 1. The van der Waals surface area contributed by atoms with Crippen LogP contribution in [0.3, 0.4) is 0 Å². The molecule has 4 heteroatoms. The first-order valence-corrected chi connectivity index (χ1v) is 5.35. The molecule has 2 heterocycles. The Morgan fingerprint density at radius 1 is 1.57 bits per heavy atom. The molecular formula is C10H18N4. The van der Waals surface area contributed by atoms with E-state index in [0.717, 1.165) is 31.4 Å². The molecule has 0 radical (unpaired) electrons. The highest BCUT2D eigenvalue weighted by molar-refractivity contribution is 4.86. The van der Waals surface area contributed by atoms with Gasteiger partial charge in [0.25, 0.3) is 0 Å². The first-order valence-electron chi connectivity index (χ1n) is 5.35. The maximum absolute atomic E-state index is 4.17. The summed E-state index contributed by atoms with van der Waals surface area (Å²) in [6, 6.07) is 0. The molecule has 1 fully saturated rings. The third-order valence-electron chi connectivity index (χ3n) is 2.68. The summed E-state index contributed by atoms with van der Waals surface area (Å²) >= 11 is 0. The summed E-state index contributed by atoms with van der Waals surface area (Å²) in [5.41, 5.74) is 0. The van der Waals surface area contributed by atoms with E-state index in [1.165, 1.54) is 19.4 Å². The van der Waals surface area contributed by atoms with E-state index in [2.05, 4.69) is 20.6 Å². The van der Waals surface area contributed by atoms with Crippen molar-refractivity contribution in [2.45, 2.75) is 19.4 Å². The number of aromatic nitrogens is 2. The summed E-state index contributed by atoms with van der Waals surface area (Å²) in [7, 11) is 0. The van der Waals surface area contributed by atoms with Crippen molar-refractivity contribution in [3.8, 4) is 0 Å². The van der Waals surface area contributed by atoms with Gasteiger partial charge in [0.05, 0.1) is 6.54 Å². The van der Waals surface area contributed by atoms with Crippen molar-refractivity contribution in [2.75, 3.05) is 19.6 Å². The molecule has 3 N–H and O–H groups in total. The van der Waals surface area contributed by atoms with Gasteiger partial charge in [-0.1, -0.05) is 0 Å². The SMILES string of the molecule is c1c[nH]c(CNCC2CCCNC2)n1. The molecule has 1 atom stereocenters. The topological polar surface area (TPSA) is 52.7 Å². The molecule has 0 aromatic carbocycles. The van der Waals surface area contributed by atoms with Crippen LogP contribution in [-0.2, 0) is 6.54 Å². The third kappa shape index (κ3) is 2.82. The zero-order valence-electron chi connectivity index (χ0n) is 8.42. The maximum Gasteiger partial charge on any atom is 0.120 e. The molecule has 0 saturated carbocycles. The van der Waals surface area contributed by atoms with Crippen molar-refractivity contribution in [2.24, 2.45) is 5.92 Å². The molecule has 1 aromatic heterocycles. The van der Waals surface area contributed by atoms with E-state index < -0.39 is 0 Å². The molecule has 0 spiro atoms. The Balaban J connectivity index is 1.62. The molecule has 0 amide bonds. The minimum absolute atomic E-state index is 0.790. The molecular weight excluding hydrogens is 176 g/mol. The van der Waals surface area contributed by atoms with Crippen LogP contribution in [-0.4, -0.2) is 29.6 Å². The highest BCUT2D eigenvalue weighted by Crippen LogP contribution is 2.08. The highest BCUT2D eigenvalue weighted by atomic mass is 15.0. The van der Waals surface area contributed by atoms with Crippen LogP contribution in [0.25, 0.3) is 0 Å². The van der Waals surface area contributed by atoms with E-state index >= 15 is 0 Å². The van der Waals surface area contributed by atoms with Gasteiger partial charge in [0.15, 0.2) is 0 Å². The summed E-state index contributed by atoms with van der Waals surface area (Å²) in [4.78, 5) is 7.25. The van der Waals surface area contributed by atoms with Crippen molar-refractivity contribution < 1.29 is 0 Å². The molecule has 1 aliphatic rings. The zero-order valence-corrected chi connectivity index (χ0v) is 8.42. The summed E-state index contributed by atoms with van der Waals surface area (Å²) in [6.45, 7) is 4.29. The zero-order chi connectivity index (χ0) is 9.64. The summed E-state index contributed by atoms with van der Waals surface area (Å²) in [5, 5.41) is 6.84. The number of aromatic amines is 1. The largest absolute Gasteiger partial charge is 0.348 e. The van der Waals surface area contributed by atoms with Crippen molar-refractivity contribution in [3.05, 3.63) is 18.2 Å². The Hall–Kier alpha value is -0.870. The lowest BCUT2D eigenvalue weighted by Crippen LogP contribution is -2.35. The fourth-order valence-electron chi connectivity index (χ4n) is 1.89.